The van der Waals surface area contributed by atoms with Crippen molar-refractivity contribution in [2.45, 2.75) is 12.2 Å². The molecule has 3 atom stereocenters. The maximum Gasteiger partial charge on any atom is 0.186 e. The molecule has 0 heterocycles. The zero-order chi connectivity index (χ0) is 10.4. The third-order valence-electron chi connectivity index (χ3n) is 1.19. The first-order valence-electron chi connectivity index (χ1n) is 3.24. The molecule has 0 aromatic heterocycles. The van der Waals surface area contributed by atoms with Crippen LogP contribution in [0.3, 0.4) is 0 Å². The van der Waals surface area contributed by atoms with E-state index < -0.39 is 36.0 Å². The van der Waals surface area contributed by atoms with E-state index in [0.717, 1.165) is 6.08 Å². The largest absolute Gasteiger partial charge is 0.750 e. The normalized spacial score (nSPS) is 17.5. The maximum absolute atomic E-state index is 10.7. The highest BCUT2D eigenvalue weighted by molar-refractivity contribution is 7.74. The van der Waals surface area contributed by atoms with E-state index in [9.17, 15) is 13.6 Å². The first kappa shape index (κ1) is 12.4. The van der Waals surface area contributed by atoms with Gasteiger partial charge in [-0.2, -0.15) is 0 Å². The Bertz CT molecular complexity index is 215. The minimum Gasteiger partial charge on any atom is -0.750 e. The highest BCUT2D eigenvalue weighted by Crippen LogP contribution is 1.97. The van der Waals surface area contributed by atoms with E-state index in [-0.39, 0.29) is 0 Å². The van der Waals surface area contributed by atoms with E-state index in [0.29, 0.717) is 0 Å². The van der Waals surface area contributed by atoms with Crippen molar-refractivity contribution < 1.29 is 28.0 Å². The van der Waals surface area contributed by atoms with Crippen molar-refractivity contribution in [1.29, 1.82) is 0 Å². The van der Waals surface area contributed by atoms with Gasteiger partial charge in [-0.1, -0.05) is 6.58 Å². The molecule has 0 aromatic rings. The summed E-state index contributed by atoms with van der Waals surface area (Å²) in [5, 5.41) is 17.9. The average molecular weight is 209 g/mol. The summed E-state index contributed by atoms with van der Waals surface area (Å²) in [5.41, 5.74) is 0. The van der Waals surface area contributed by atoms with Gasteiger partial charge in [-0.3, -0.25) is 8.98 Å². The Morgan fingerprint density at radius 2 is 2.23 bits per heavy atom. The van der Waals surface area contributed by atoms with Crippen molar-refractivity contribution in [3.05, 3.63) is 12.7 Å². The van der Waals surface area contributed by atoms with E-state index in [2.05, 4.69) is 10.8 Å². The van der Waals surface area contributed by atoms with Gasteiger partial charge in [0, 0.05) is 0 Å². The number of aliphatic hydroxyl groups is 2. The van der Waals surface area contributed by atoms with Crippen LogP contribution in [0, 0.1) is 0 Å². The molecular weight excluding hydrogens is 200 g/mol. The van der Waals surface area contributed by atoms with E-state index in [1.165, 1.54) is 0 Å². The molecule has 3 unspecified atom stereocenters. The third kappa shape index (κ3) is 4.86. The Morgan fingerprint density at radius 1 is 1.69 bits per heavy atom. The minimum atomic E-state index is -2.78. The monoisotopic (exact) mass is 209 g/mol. The topological polar surface area (TPSA) is 107 Å². The number of carbonyl (C=O) groups excluding carboxylic acids is 1. The summed E-state index contributed by atoms with van der Waals surface area (Å²) in [6, 6.07) is 0. The van der Waals surface area contributed by atoms with Crippen molar-refractivity contribution in [1.82, 2.24) is 0 Å². The number of hydrogen-bond donors (Lipinski definition) is 2. The van der Waals surface area contributed by atoms with Crippen molar-refractivity contribution in [2.24, 2.45) is 0 Å². The third-order valence-corrected chi connectivity index (χ3v) is 1.52. The van der Waals surface area contributed by atoms with Gasteiger partial charge < -0.3 is 14.8 Å². The molecule has 0 amide bonds. The van der Waals surface area contributed by atoms with Gasteiger partial charge in [0.1, 0.15) is 12.2 Å². The lowest BCUT2D eigenvalue weighted by molar-refractivity contribution is -0.129. The lowest BCUT2D eigenvalue weighted by Crippen LogP contribution is -2.36. The second-order valence-corrected chi connectivity index (χ2v) is 2.75. The number of ketones is 1. The Morgan fingerprint density at radius 3 is 2.62 bits per heavy atom. The van der Waals surface area contributed by atoms with Crippen molar-refractivity contribution in [3.63, 3.8) is 0 Å². The van der Waals surface area contributed by atoms with Crippen LogP contribution in [0.4, 0.5) is 0 Å². The number of aliphatic hydroxyl groups excluding tert-OH is 2. The van der Waals surface area contributed by atoms with Crippen LogP contribution in [0.5, 0.6) is 0 Å². The Kier molecular flexibility index (Phi) is 5.67. The molecule has 0 saturated heterocycles. The minimum absolute atomic E-state index is 0.670. The molecule has 0 saturated carbocycles. The molecule has 13 heavy (non-hydrogen) atoms. The van der Waals surface area contributed by atoms with Crippen LogP contribution >= 0.6 is 0 Å². The second kappa shape index (κ2) is 5.95. The summed E-state index contributed by atoms with van der Waals surface area (Å²) in [6.45, 7) is 2.41. The summed E-state index contributed by atoms with van der Waals surface area (Å²) in [6.07, 6.45) is -2.47. The highest BCUT2D eigenvalue weighted by atomic mass is 32.2. The van der Waals surface area contributed by atoms with Crippen LogP contribution < -0.4 is 0 Å². The predicted octanol–water partition coefficient (Wildman–Crippen LogP) is -1.73. The molecule has 0 aliphatic carbocycles. The summed E-state index contributed by atoms with van der Waals surface area (Å²) in [7, 11) is 0. The number of carbonyl (C=O) groups is 1. The molecule has 0 rings (SSSR count). The second-order valence-electron chi connectivity index (χ2n) is 2.11. The number of hydrogen-bond acceptors (Lipinski definition) is 6. The van der Waals surface area contributed by atoms with Crippen molar-refractivity contribution >= 4 is 17.1 Å². The van der Waals surface area contributed by atoms with Crippen LogP contribution in [-0.2, 0) is 20.3 Å². The predicted molar refractivity (Wildman–Crippen MR) is 42.1 cm³/mol. The number of rotatable bonds is 6. The Balaban J connectivity index is 3.95. The van der Waals surface area contributed by atoms with Crippen LogP contribution in [0.15, 0.2) is 12.7 Å². The highest BCUT2D eigenvalue weighted by Gasteiger charge is 2.21. The van der Waals surface area contributed by atoms with Gasteiger partial charge in [0.25, 0.3) is 0 Å². The molecular formula is C6H9O6S-. The fraction of sp³-hybridized carbons (Fsp3) is 0.500. The molecule has 6 nitrogen and oxygen atoms in total. The maximum atomic E-state index is 10.7. The van der Waals surface area contributed by atoms with Crippen LogP contribution in [0.1, 0.15) is 0 Å². The summed E-state index contributed by atoms with van der Waals surface area (Å²) < 4.78 is 23.6. The summed E-state index contributed by atoms with van der Waals surface area (Å²) >= 11 is -2.78. The Labute approximate surface area is 77.3 Å². The van der Waals surface area contributed by atoms with Crippen LogP contribution in [0.2, 0.25) is 0 Å². The molecule has 0 spiro atoms. The smallest absolute Gasteiger partial charge is 0.186 e. The van der Waals surface area contributed by atoms with Gasteiger partial charge >= 0.3 is 0 Å². The fourth-order valence-electron chi connectivity index (χ4n) is 0.527. The molecule has 76 valence electrons. The SMILES string of the molecule is C=CC(=O)C(O)C(O)COS(=O)[O-]. The zero-order valence-corrected chi connectivity index (χ0v) is 7.40. The molecule has 7 heteroatoms. The lowest BCUT2D eigenvalue weighted by atomic mass is 10.1. The van der Waals surface area contributed by atoms with Crippen LogP contribution in [-0.4, -0.2) is 43.6 Å². The van der Waals surface area contributed by atoms with Gasteiger partial charge in [-0.15, -0.1) is 0 Å². The molecule has 0 aliphatic rings. The molecule has 0 fully saturated rings. The van der Waals surface area contributed by atoms with Gasteiger partial charge in [0.05, 0.1) is 18.0 Å². The summed E-state index contributed by atoms with van der Waals surface area (Å²) in [5.74, 6) is -0.798. The molecule has 0 aromatic carbocycles. The van der Waals surface area contributed by atoms with Crippen molar-refractivity contribution in [2.75, 3.05) is 6.61 Å². The van der Waals surface area contributed by atoms with E-state index in [4.69, 9.17) is 10.2 Å². The van der Waals surface area contributed by atoms with E-state index in [1.807, 2.05) is 0 Å². The van der Waals surface area contributed by atoms with E-state index >= 15 is 0 Å². The van der Waals surface area contributed by atoms with Crippen LogP contribution in [0.25, 0.3) is 0 Å². The van der Waals surface area contributed by atoms with Gasteiger partial charge in [0.2, 0.25) is 0 Å². The van der Waals surface area contributed by atoms with Gasteiger partial charge in [-0.25, -0.2) is 4.21 Å². The first-order chi connectivity index (χ1) is 5.99. The first-order valence-corrected chi connectivity index (χ1v) is 4.24. The molecule has 0 radical (unpaired) electrons. The quantitative estimate of drug-likeness (QED) is 0.398. The molecule has 2 N–H and O–H groups in total. The molecule has 0 aliphatic heterocycles. The standard InChI is InChI=1S/C6H10O6S/c1-2-4(7)6(9)5(8)3-12-13(10)11/h2,5-6,8-9H,1,3H2,(H,10,11)/p-1. The van der Waals surface area contributed by atoms with Gasteiger partial charge in [-0.05, 0) is 6.08 Å². The lowest BCUT2D eigenvalue weighted by Gasteiger charge is -2.15. The fourth-order valence-corrected chi connectivity index (χ4v) is 0.777. The van der Waals surface area contributed by atoms with Crippen molar-refractivity contribution in [3.8, 4) is 0 Å². The summed E-state index contributed by atoms with van der Waals surface area (Å²) in [4.78, 5) is 10.7. The van der Waals surface area contributed by atoms with E-state index in [1.54, 1.807) is 0 Å². The van der Waals surface area contributed by atoms with Gasteiger partial charge in [0.15, 0.2) is 5.78 Å². The average Bonchev–Trinajstić information content (AvgIpc) is 2.11. The Hall–Kier alpha value is -0.600. The zero-order valence-electron chi connectivity index (χ0n) is 6.58. The molecule has 0 bridgehead atoms.